The van der Waals surface area contributed by atoms with Crippen LogP contribution in [-0.2, 0) is 6.61 Å². The van der Waals surface area contributed by atoms with E-state index in [1.54, 1.807) is 6.07 Å². The monoisotopic (exact) mass is 223 g/mol. The highest BCUT2D eigenvalue weighted by molar-refractivity contribution is 5.49. The van der Waals surface area contributed by atoms with Gasteiger partial charge in [0, 0.05) is 18.8 Å². The highest BCUT2D eigenvalue weighted by atomic mass is 19.1. The first-order chi connectivity index (χ1) is 7.79. The molecule has 2 nitrogen and oxygen atoms in total. The average Bonchev–Trinajstić information content (AvgIpc) is 2.56. The van der Waals surface area contributed by atoms with Crippen LogP contribution in [0.2, 0.25) is 0 Å². The third-order valence-corrected chi connectivity index (χ3v) is 3.10. The van der Waals surface area contributed by atoms with Gasteiger partial charge in [0.15, 0.2) is 0 Å². The van der Waals surface area contributed by atoms with Crippen molar-refractivity contribution in [3.05, 3.63) is 29.6 Å². The van der Waals surface area contributed by atoms with E-state index >= 15 is 0 Å². The molecule has 0 saturated carbocycles. The van der Waals surface area contributed by atoms with E-state index in [9.17, 15) is 4.39 Å². The van der Waals surface area contributed by atoms with E-state index in [2.05, 4.69) is 4.90 Å². The second-order valence-electron chi connectivity index (χ2n) is 4.38. The van der Waals surface area contributed by atoms with Crippen LogP contribution in [0.5, 0.6) is 0 Å². The molecule has 0 unspecified atom stereocenters. The first kappa shape index (κ1) is 11.4. The van der Waals surface area contributed by atoms with Gasteiger partial charge in [-0.25, -0.2) is 4.39 Å². The normalized spacial score (nSPS) is 17.2. The van der Waals surface area contributed by atoms with Crippen LogP contribution in [0, 0.1) is 5.82 Å². The molecule has 2 rings (SSSR count). The van der Waals surface area contributed by atoms with Crippen molar-refractivity contribution in [3.63, 3.8) is 0 Å². The molecule has 0 radical (unpaired) electrons. The molecular formula is C13H18FNO. The van der Waals surface area contributed by atoms with E-state index < -0.39 is 0 Å². The van der Waals surface area contributed by atoms with Gasteiger partial charge in [-0.1, -0.05) is 12.8 Å². The van der Waals surface area contributed by atoms with Gasteiger partial charge in [0.05, 0.1) is 6.61 Å². The maximum absolute atomic E-state index is 13.3. The molecule has 1 aromatic rings. The van der Waals surface area contributed by atoms with E-state index in [4.69, 9.17) is 5.11 Å². The second kappa shape index (κ2) is 5.30. The highest BCUT2D eigenvalue weighted by Gasteiger charge is 2.11. The molecule has 16 heavy (non-hydrogen) atoms. The Morgan fingerprint density at radius 1 is 1.06 bits per heavy atom. The van der Waals surface area contributed by atoms with Crippen molar-refractivity contribution in [3.8, 4) is 0 Å². The summed E-state index contributed by atoms with van der Waals surface area (Å²) in [7, 11) is 0. The number of halogens is 1. The smallest absolute Gasteiger partial charge is 0.125 e. The topological polar surface area (TPSA) is 23.5 Å². The molecule has 1 aliphatic heterocycles. The summed E-state index contributed by atoms with van der Waals surface area (Å²) in [5, 5.41) is 9.06. The molecule has 1 aliphatic rings. The van der Waals surface area contributed by atoms with Crippen LogP contribution in [0.25, 0.3) is 0 Å². The minimum atomic E-state index is -0.259. The van der Waals surface area contributed by atoms with Gasteiger partial charge in [0.1, 0.15) is 5.82 Å². The number of aliphatic hydroxyl groups is 1. The lowest BCUT2D eigenvalue weighted by atomic mass is 10.2. The van der Waals surface area contributed by atoms with Gasteiger partial charge in [-0.05, 0) is 36.6 Å². The van der Waals surface area contributed by atoms with Gasteiger partial charge in [-0.15, -0.1) is 0 Å². The fourth-order valence-corrected chi connectivity index (χ4v) is 2.24. The van der Waals surface area contributed by atoms with Crippen molar-refractivity contribution in [2.45, 2.75) is 32.3 Å². The first-order valence-electron chi connectivity index (χ1n) is 5.95. The molecule has 0 aliphatic carbocycles. The number of rotatable bonds is 2. The van der Waals surface area contributed by atoms with Crippen molar-refractivity contribution in [2.75, 3.05) is 18.0 Å². The molecule has 0 aromatic heterocycles. The Kier molecular flexibility index (Phi) is 3.78. The number of aliphatic hydroxyl groups excluding tert-OH is 1. The number of anilines is 1. The molecule has 1 saturated heterocycles. The minimum Gasteiger partial charge on any atom is -0.392 e. The summed E-state index contributed by atoms with van der Waals surface area (Å²) < 4.78 is 13.3. The van der Waals surface area contributed by atoms with Crippen molar-refractivity contribution < 1.29 is 9.50 Å². The van der Waals surface area contributed by atoms with Crippen LogP contribution in [-0.4, -0.2) is 18.2 Å². The van der Waals surface area contributed by atoms with Crippen LogP contribution in [0.15, 0.2) is 18.2 Å². The van der Waals surface area contributed by atoms with E-state index in [0.29, 0.717) is 5.56 Å². The predicted octanol–water partition coefficient (Wildman–Crippen LogP) is 2.70. The fourth-order valence-electron chi connectivity index (χ4n) is 2.24. The molecule has 1 heterocycles. The zero-order chi connectivity index (χ0) is 11.4. The standard InChI is InChI=1S/C13H18FNO/c14-12-7-11(10-16)8-13(9-12)15-5-3-1-2-4-6-15/h7-9,16H,1-6,10H2. The van der Waals surface area contributed by atoms with Crippen LogP contribution in [0.3, 0.4) is 0 Å². The largest absolute Gasteiger partial charge is 0.392 e. The van der Waals surface area contributed by atoms with Crippen LogP contribution in [0.1, 0.15) is 31.2 Å². The van der Waals surface area contributed by atoms with Gasteiger partial charge < -0.3 is 10.0 Å². The van der Waals surface area contributed by atoms with Crippen LogP contribution in [0.4, 0.5) is 10.1 Å². The fraction of sp³-hybridized carbons (Fsp3) is 0.538. The van der Waals surface area contributed by atoms with Gasteiger partial charge >= 0.3 is 0 Å². The zero-order valence-electron chi connectivity index (χ0n) is 9.45. The van der Waals surface area contributed by atoms with E-state index in [-0.39, 0.29) is 12.4 Å². The Hall–Kier alpha value is -1.09. The lowest BCUT2D eigenvalue weighted by Gasteiger charge is -2.23. The maximum Gasteiger partial charge on any atom is 0.125 e. The number of benzene rings is 1. The van der Waals surface area contributed by atoms with E-state index in [0.717, 1.165) is 18.8 Å². The Morgan fingerprint density at radius 3 is 2.38 bits per heavy atom. The van der Waals surface area contributed by atoms with Gasteiger partial charge in [-0.3, -0.25) is 0 Å². The van der Waals surface area contributed by atoms with Crippen LogP contribution < -0.4 is 4.90 Å². The molecule has 0 amide bonds. The van der Waals surface area contributed by atoms with Crippen molar-refractivity contribution in [1.29, 1.82) is 0 Å². The summed E-state index contributed by atoms with van der Waals surface area (Å²) in [5.41, 5.74) is 1.56. The van der Waals surface area contributed by atoms with Crippen molar-refractivity contribution >= 4 is 5.69 Å². The van der Waals surface area contributed by atoms with E-state index in [1.165, 1.54) is 31.7 Å². The Morgan fingerprint density at radius 2 is 1.75 bits per heavy atom. The summed E-state index contributed by atoms with van der Waals surface area (Å²) in [6, 6.07) is 4.83. The number of nitrogens with zero attached hydrogens (tertiary/aromatic N) is 1. The summed E-state index contributed by atoms with van der Waals surface area (Å²) >= 11 is 0. The highest BCUT2D eigenvalue weighted by Crippen LogP contribution is 2.22. The Bertz CT molecular complexity index is 346. The number of hydrogen-bond donors (Lipinski definition) is 1. The summed E-state index contributed by atoms with van der Waals surface area (Å²) in [6.07, 6.45) is 4.87. The maximum atomic E-state index is 13.3. The molecule has 3 heteroatoms. The molecular weight excluding hydrogens is 205 g/mol. The van der Waals surface area contributed by atoms with Crippen LogP contribution >= 0.6 is 0 Å². The van der Waals surface area contributed by atoms with Crippen molar-refractivity contribution in [2.24, 2.45) is 0 Å². The van der Waals surface area contributed by atoms with Gasteiger partial charge in [0.25, 0.3) is 0 Å². The summed E-state index contributed by atoms with van der Waals surface area (Å²) in [4.78, 5) is 2.22. The quantitative estimate of drug-likeness (QED) is 0.833. The summed E-state index contributed by atoms with van der Waals surface area (Å²) in [6.45, 7) is 1.89. The Balaban J connectivity index is 2.20. The lowest BCUT2D eigenvalue weighted by molar-refractivity contribution is 0.281. The molecule has 88 valence electrons. The van der Waals surface area contributed by atoms with Crippen molar-refractivity contribution in [1.82, 2.24) is 0 Å². The van der Waals surface area contributed by atoms with E-state index in [1.807, 2.05) is 6.07 Å². The molecule has 1 aromatic carbocycles. The minimum absolute atomic E-state index is 0.0986. The first-order valence-corrected chi connectivity index (χ1v) is 5.95. The molecule has 0 atom stereocenters. The summed E-state index contributed by atoms with van der Waals surface area (Å²) in [5.74, 6) is -0.259. The SMILES string of the molecule is OCc1cc(F)cc(N2CCCCCC2)c1. The zero-order valence-corrected chi connectivity index (χ0v) is 9.45. The third-order valence-electron chi connectivity index (χ3n) is 3.10. The lowest BCUT2D eigenvalue weighted by Crippen LogP contribution is -2.24. The molecule has 0 spiro atoms. The number of hydrogen-bond acceptors (Lipinski definition) is 2. The Labute approximate surface area is 95.7 Å². The second-order valence-corrected chi connectivity index (χ2v) is 4.38. The molecule has 1 N–H and O–H groups in total. The molecule has 0 bridgehead atoms. The van der Waals surface area contributed by atoms with Gasteiger partial charge in [0.2, 0.25) is 0 Å². The van der Waals surface area contributed by atoms with Gasteiger partial charge in [-0.2, -0.15) is 0 Å². The predicted molar refractivity (Wildman–Crippen MR) is 63.0 cm³/mol. The third kappa shape index (κ3) is 2.73. The molecule has 1 fully saturated rings. The average molecular weight is 223 g/mol.